The van der Waals surface area contributed by atoms with E-state index in [1.165, 1.54) is 11.0 Å². The molecular formula is C16H20F3N5O2. The molecule has 1 fully saturated rings. The summed E-state index contributed by atoms with van der Waals surface area (Å²) in [7, 11) is 0. The first-order valence-electron chi connectivity index (χ1n) is 8.26. The predicted molar refractivity (Wildman–Crippen MR) is 87.6 cm³/mol. The van der Waals surface area contributed by atoms with Gasteiger partial charge in [0.15, 0.2) is 11.5 Å². The summed E-state index contributed by atoms with van der Waals surface area (Å²) in [5.41, 5.74) is 0.494. The van der Waals surface area contributed by atoms with Gasteiger partial charge in [-0.2, -0.15) is 18.3 Å². The summed E-state index contributed by atoms with van der Waals surface area (Å²) in [6.07, 6.45) is -4.42. The van der Waals surface area contributed by atoms with Gasteiger partial charge >= 0.3 is 6.18 Å². The van der Waals surface area contributed by atoms with Gasteiger partial charge in [0, 0.05) is 38.8 Å². The van der Waals surface area contributed by atoms with Gasteiger partial charge in [0.2, 0.25) is 0 Å². The van der Waals surface area contributed by atoms with Gasteiger partial charge in [-0.1, -0.05) is 0 Å². The summed E-state index contributed by atoms with van der Waals surface area (Å²) in [4.78, 5) is 13.5. The fraction of sp³-hybridized carbons (Fsp3) is 0.500. The number of carbonyl (C=O) groups excluding carboxylic acids is 1. The number of piperazine rings is 1. The van der Waals surface area contributed by atoms with Crippen LogP contribution < -0.4 is 10.6 Å². The van der Waals surface area contributed by atoms with Crippen molar-refractivity contribution < 1.29 is 22.4 Å². The molecule has 2 aromatic heterocycles. The molecule has 1 atom stereocenters. The lowest BCUT2D eigenvalue weighted by Gasteiger charge is -2.35. The molecule has 142 valence electrons. The molecule has 3 rings (SSSR count). The second-order valence-corrected chi connectivity index (χ2v) is 6.13. The number of hydrogen-bond acceptors (Lipinski definition) is 5. The van der Waals surface area contributed by atoms with Gasteiger partial charge in [-0.25, -0.2) is 0 Å². The number of alkyl halides is 3. The molecule has 3 N–H and O–H groups in total. The number of nitrogens with zero attached hydrogens (tertiary/aromatic N) is 2. The Bertz CT molecular complexity index is 749. The van der Waals surface area contributed by atoms with Crippen molar-refractivity contribution in [1.29, 1.82) is 0 Å². The van der Waals surface area contributed by atoms with E-state index < -0.39 is 24.7 Å². The van der Waals surface area contributed by atoms with Crippen LogP contribution >= 0.6 is 0 Å². The van der Waals surface area contributed by atoms with Gasteiger partial charge in [-0.05, 0) is 19.1 Å². The summed E-state index contributed by atoms with van der Waals surface area (Å²) >= 11 is 0. The number of H-pyrrole nitrogens is 1. The Balaban J connectivity index is 1.64. The minimum absolute atomic E-state index is 0.00953. The molecule has 7 nitrogen and oxygen atoms in total. The van der Waals surface area contributed by atoms with Crippen LogP contribution in [0.25, 0.3) is 11.5 Å². The van der Waals surface area contributed by atoms with Crippen molar-refractivity contribution in [1.82, 2.24) is 25.7 Å². The average Bonchev–Trinajstić information content (AvgIpc) is 3.23. The molecule has 1 saturated heterocycles. The molecule has 1 amide bonds. The van der Waals surface area contributed by atoms with E-state index in [1.54, 1.807) is 19.1 Å². The zero-order chi connectivity index (χ0) is 18.7. The van der Waals surface area contributed by atoms with Crippen LogP contribution in [0.1, 0.15) is 16.2 Å². The minimum atomic E-state index is -4.42. The molecule has 0 aliphatic carbocycles. The minimum Gasteiger partial charge on any atom is -0.460 e. The van der Waals surface area contributed by atoms with E-state index in [4.69, 9.17) is 4.42 Å². The molecule has 0 aromatic carbocycles. The normalized spacial score (nSPS) is 17.2. The van der Waals surface area contributed by atoms with Crippen molar-refractivity contribution in [2.24, 2.45) is 0 Å². The highest BCUT2D eigenvalue weighted by Gasteiger charge is 2.43. The number of halogens is 3. The maximum Gasteiger partial charge on any atom is 0.405 e. The van der Waals surface area contributed by atoms with Gasteiger partial charge in [-0.3, -0.25) is 14.8 Å². The quantitative estimate of drug-likeness (QED) is 0.742. The smallest absolute Gasteiger partial charge is 0.405 e. The molecule has 2 aromatic rings. The van der Waals surface area contributed by atoms with Crippen molar-refractivity contribution in [3.05, 3.63) is 29.7 Å². The number of furan rings is 1. The molecule has 3 heterocycles. The maximum atomic E-state index is 13.3. The molecule has 26 heavy (non-hydrogen) atoms. The van der Waals surface area contributed by atoms with Gasteiger partial charge < -0.3 is 15.1 Å². The van der Waals surface area contributed by atoms with Gasteiger partial charge in [0.25, 0.3) is 5.91 Å². The van der Waals surface area contributed by atoms with E-state index in [1.807, 2.05) is 0 Å². The fourth-order valence-electron chi connectivity index (χ4n) is 2.87. The van der Waals surface area contributed by atoms with Crippen LogP contribution in [0.2, 0.25) is 0 Å². The number of carbonyl (C=O) groups is 1. The molecule has 1 aliphatic rings. The number of aryl methyl sites for hydroxylation is 1. The van der Waals surface area contributed by atoms with Gasteiger partial charge in [0.1, 0.15) is 17.5 Å². The Kier molecular flexibility index (Phi) is 5.33. The topological polar surface area (TPSA) is 86.2 Å². The first kappa shape index (κ1) is 18.5. The first-order chi connectivity index (χ1) is 12.3. The third-order valence-corrected chi connectivity index (χ3v) is 4.24. The SMILES string of the molecule is Cc1ccc(-c2cc(C(=O)NCC(N3CCNCC3)C(F)(F)F)n[nH]2)o1. The summed E-state index contributed by atoms with van der Waals surface area (Å²) in [6, 6.07) is 3.20. The molecule has 0 spiro atoms. The standard InChI is InChI=1S/C16H20F3N5O2/c1-10-2-3-13(26-10)11-8-12(23-22-11)15(25)21-9-14(16(17,18)19)24-6-4-20-5-7-24/h2-3,8,14,20H,4-7,9H2,1H3,(H,21,25)(H,22,23). The fourth-order valence-corrected chi connectivity index (χ4v) is 2.87. The van der Waals surface area contributed by atoms with E-state index in [2.05, 4.69) is 20.8 Å². The van der Waals surface area contributed by atoms with Crippen LogP contribution in [0.4, 0.5) is 13.2 Å². The Labute approximate surface area is 147 Å². The lowest BCUT2D eigenvalue weighted by Crippen LogP contribution is -2.57. The predicted octanol–water partition coefficient (Wildman–Crippen LogP) is 1.54. The Morgan fingerprint density at radius 3 is 2.73 bits per heavy atom. The van der Waals surface area contributed by atoms with Gasteiger partial charge in [0.05, 0.1) is 0 Å². The second kappa shape index (κ2) is 7.50. The molecule has 0 bridgehead atoms. The van der Waals surface area contributed by atoms with Crippen LogP contribution in [0.5, 0.6) is 0 Å². The number of hydrogen-bond donors (Lipinski definition) is 3. The monoisotopic (exact) mass is 371 g/mol. The third kappa shape index (κ3) is 4.25. The molecule has 1 unspecified atom stereocenters. The van der Waals surface area contributed by atoms with Crippen LogP contribution in [0.15, 0.2) is 22.6 Å². The second-order valence-electron chi connectivity index (χ2n) is 6.13. The summed E-state index contributed by atoms with van der Waals surface area (Å²) < 4.78 is 45.4. The lowest BCUT2D eigenvalue weighted by atomic mass is 10.2. The van der Waals surface area contributed by atoms with Crippen molar-refractivity contribution in [3.63, 3.8) is 0 Å². The van der Waals surface area contributed by atoms with Crippen LogP contribution in [-0.2, 0) is 0 Å². The van der Waals surface area contributed by atoms with Crippen LogP contribution in [-0.4, -0.2) is 65.9 Å². The van der Waals surface area contributed by atoms with E-state index in [9.17, 15) is 18.0 Å². The number of aromatic amines is 1. The Hall–Kier alpha value is -2.33. The van der Waals surface area contributed by atoms with Crippen LogP contribution in [0.3, 0.4) is 0 Å². The number of rotatable bonds is 5. The third-order valence-electron chi connectivity index (χ3n) is 4.24. The Morgan fingerprint density at radius 2 is 2.12 bits per heavy atom. The van der Waals surface area contributed by atoms with Gasteiger partial charge in [-0.15, -0.1) is 0 Å². The summed E-state index contributed by atoms with van der Waals surface area (Å²) in [5.74, 6) is 0.535. The summed E-state index contributed by atoms with van der Waals surface area (Å²) in [6.45, 7) is 2.80. The highest BCUT2D eigenvalue weighted by molar-refractivity contribution is 5.93. The maximum absolute atomic E-state index is 13.3. The Morgan fingerprint density at radius 1 is 1.38 bits per heavy atom. The molecular weight excluding hydrogens is 351 g/mol. The number of nitrogens with one attached hydrogen (secondary N) is 3. The molecule has 0 radical (unpaired) electrons. The lowest BCUT2D eigenvalue weighted by molar-refractivity contribution is -0.183. The van der Waals surface area contributed by atoms with Crippen molar-refractivity contribution in [2.45, 2.75) is 19.1 Å². The van der Waals surface area contributed by atoms with Crippen molar-refractivity contribution in [2.75, 3.05) is 32.7 Å². The van der Waals surface area contributed by atoms with Crippen molar-refractivity contribution >= 4 is 5.91 Å². The highest BCUT2D eigenvalue weighted by atomic mass is 19.4. The zero-order valence-electron chi connectivity index (χ0n) is 14.2. The highest BCUT2D eigenvalue weighted by Crippen LogP contribution is 2.25. The largest absolute Gasteiger partial charge is 0.460 e. The number of aromatic nitrogens is 2. The van der Waals surface area contributed by atoms with E-state index >= 15 is 0 Å². The molecule has 10 heteroatoms. The van der Waals surface area contributed by atoms with Crippen LogP contribution in [0, 0.1) is 6.92 Å². The zero-order valence-corrected chi connectivity index (χ0v) is 14.2. The van der Waals surface area contributed by atoms with Crippen molar-refractivity contribution in [3.8, 4) is 11.5 Å². The number of amides is 1. The van der Waals surface area contributed by atoms with E-state index in [0.717, 1.165) is 0 Å². The average molecular weight is 371 g/mol. The molecule has 0 saturated carbocycles. The van der Waals surface area contributed by atoms with E-state index in [-0.39, 0.29) is 18.8 Å². The summed E-state index contributed by atoms with van der Waals surface area (Å²) in [5, 5.41) is 11.9. The molecule has 1 aliphatic heterocycles. The van der Waals surface area contributed by atoms with E-state index in [0.29, 0.717) is 30.3 Å². The first-order valence-corrected chi connectivity index (χ1v) is 8.26.